The molecular weight excluding hydrogens is 331 g/mol. The van der Waals surface area contributed by atoms with Crippen molar-refractivity contribution < 1.29 is 4.39 Å². The summed E-state index contributed by atoms with van der Waals surface area (Å²) in [4.78, 5) is 0. The summed E-state index contributed by atoms with van der Waals surface area (Å²) in [5.74, 6) is -0.356. The molecule has 0 aliphatic rings. The lowest BCUT2D eigenvalue weighted by atomic mass is 10.1. The molecule has 0 aliphatic heterocycles. The normalized spacial score (nSPS) is 11.7. The van der Waals surface area contributed by atoms with Gasteiger partial charge in [0.25, 0.3) is 0 Å². The number of halogens is 3. The molecule has 0 radical (unpaired) electrons. The molecule has 0 spiro atoms. The van der Waals surface area contributed by atoms with Crippen LogP contribution in [0.3, 0.4) is 0 Å². The van der Waals surface area contributed by atoms with E-state index in [0.717, 1.165) is 0 Å². The fraction of sp³-hybridized carbons (Fsp3) is 0.0714. The first-order valence-corrected chi connectivity index (χ1v) is 6.64. The average Bonchev–Trinajstić information content (AvgIpc) is 2.39. The van der Waals surface area contributed by atoms with E-state index in [-0.39, 0.29) is 5.82 Å². The van der Waals surface area contributed by atoms with Crippen molar-refractivity contribution in [2.24, 2.45) is 0 Å². The Morgan fingerprint density at radius 2 is 2.00 bits per heavy atom. The minimum atomic E-state index is -0.616. The average molecular weight is 340 g/mol. The highest BCUT2D eigenvalue weighted by atomic mass is 79.9. The second kappa shape index (κ2) is 6.05. The van der Waals surface area contributed by atoms with E-state index in [1.54, 1.807) is 18.2 Å². The molecule has 5 heteroatoms. The molecule has 0 fully saturated rings. The number of hydrogen-bond acceptors (Lipinski definition) is 2. The van der Waals surface area contributed by atoms with E-state index in [2.05, 4.69) is 27.3 Å². The van der Waals surface area contributed by atoms with Gasteiger partial charge in [-0.25, -0.2) is 4.39 Å². The fourth-order valence-electron chi connectivity index (χ4n) is 1.65. The largest absolute Gasteiger partial charge is 0.365 e. The van der Waals surface area contributed by atoms with E-state index < -0.39 is 6.04 Å². The van der Waals surface area contributed by atoms with E-state index in [9.17, 15) is 9.65 Å². The predicted molar refractivity (Wildman–Crippen MR) is 77.5 cm³/mol. The van der Waals surface area contributed by atoms with E-state index in [1.165, 1.54) is 12.1 Å². The van der Waals surface area contributed by atoms with Crippen LogP contribution in [-0.2, 0) is 0 Å². The van der Waals surface area contributed by atoms with Gasteiger partial charge < -0.3 is 5.32 Å². The highest BCUT2D eigenvalue weighted by Crippen LogP contribution is 2.29. The Balaban J connectivity index is 2.31. The Bertz CT molecular complexity index is 640. The number of benzene rings is 2. The lowest BCUT2D eigenvalue weighted by Gasteiger charge is -2.15. The number of nitriles is 1. The third-order valence-corrected chi connectivity index (χ3v) is 3.59. The molecular formula is C14H9BrClFN2. The van der Waals surface area contributed by atoms with Crippen LogP contribution in [-0.4, -0.2) is 0 Å². The van der Waals surface area contributed by atoms with Crippen LogP contribution < -0.4 is 5.32 Å². The molecule has 2 nitrogen and oxygen atoms in total. The number of para-hydroxylation sites is 1. The first kappa shape index (κ1) is 13.9. The van der Waals surface area contributed by atoms with E-state index in [1.807, 2.05) is 12.1 Å². The van der Waals surface area contributed by atoms with Crippen molar-refractivity contribution in [2.75, 3.05) is 5.32 Å². The van der Waals surface area contributed by atoms with Crippen molar-refractivity contribution in [3.63, 3.8) is 0 Å². The molecule has 1 atom stereocenters. The van der Waals surface area contributed by atoms with Crippen LogP contribution in [0.4, 0.5) is 10.1 Å². The molecule has 0 aliphatic carbocycles. The van der Waals surface area contributed by atoms with Crippen molar-refractivity contribution >= 4 is 33.2 Å². The number of rotatable bonds is 3. The number of nitrogens with one attached hydrogen (secondary N) is 1. The summed E-state index contributed by atoms with van der Waals surface area (Å²) >= 11 is 9.29. The van der Waals surface area contributed by atoms with Crippen molar-refractivity contribution in [3.8, 4) is 6.07 Å². The van der Waals surface area contributed by atoms with Crippen LogP contribution in [0.5, 0.6) is 0 Å². The monoisotopic (exact) mass is 338 g/mol. The van der Waals surface area contributed by atoms with Crippen molar-refractivity contribution in [2.45, 2.75) is 6.04 Å². The molecule has 1 unspecified atom stereocenters. The Labute approximate surface area is 123 Å². The summed E-state index contributed by atoms with van der Waals surface area (Å²) in [5, 5.41) is 12.8. The standard InChI is InChI=1S/C14H9BrClFN2/c15-11-7-9(17)5-6-10(11)14(8-18)19-13-4-2-1-3-12(13)16/h1-7,14,19H. The topological polar surface area (TPSA) is 35.8 Å². The van der Waals surface area contributed by atoms with Gasteiger partial charge in [-0.05, 0) is 24.3 Å². The molecule has 0 heterocycles. The van der Waals surface area contributed by atoms with Gasteiger partial charge >= 0.3 is 0 Å². The number of nitrogens with zero attached hydrogens (tertiary/aromatic N) is 1. The SMILES string of the molecule is N#CC(Nc1ccccc1Cl)c1ccc(F)cc1Br. The van der Waals surface area contributed by atoms with Gasteiger partial charge in [-0.3, -0.25) is 0 Å². The summed E-state index contributed by atoms with van der Waals surface area (Å²) in [6.45, 7) is 0. The third kappa shape index (κ3) is 3.25. The zero-order chi connectivity index (χ0) is 13.8. The highest BCUT2D eigenvalue weighted by molar-refractivity contribution is 9.10. The second-order valence-electron chi connectivity index (χ2n) is 3.85. The van der Waals surface area contributed by atoms with Gasteiger partial charge in [0.15, 0.2) is 0 Å². The van der Waals surface area contributed by atoms with Crippen molar-refractivity contribution in [3.05, 3.63) is 63.3 Å². The molecule has 0 saturated carbocycles. The smallest absolute Gasteiger partial charge is 0.141 e. The van der Waals surface area contributed by atoms with Crippen LogP contribution in [0.2, 0.25) is 5.02 Å². The van der Waals surface area contributed by atoms with Gasteiger partial charge in [0.05, 0.1) is 16.8 Å². The molecule has 2 aromatic carbocycles. The van der Waals surface area contributed by atoms with Gasteiger partial charge in [-0.2, -0.15) is 5.26 Å². The highest BCUT2D eigenvalue weighted by Gasteiger charge is 2.15. The molecule has 1 N–H and O–H groups in total. The van der Waals surface area contributed by atoms with E-state index in [0.29, 0.717) is 20.7 Å². The summed E-state index contributed by atoms with van der Waals surface area (Å²) < 4.78 is 13.6. The molecule has 2 rings (SSSR count). The minimum Gasteiger partial charge on any atom is -0.365 e. The van der Waals surface area contributed by atoms with Crippen LogP contribution in [0, 0.1) is 17.1 Å². The Hall–Kier alpha value is -1.57. The zero-order valence-corrected chi connectivity index (χ0v) is 12.0. The summed E-state index contributed by atoms with van der Waals surface area (Å²) in [5.41, 5.74) is 1.32. The van der Waals surface area contributed by atoms with Crippen LogP contribution in [0.15, 0.2) is 46.9 Å². The van der Waals surface area contributed by atoms with Crippen LogP contribution in [0.25, 0.3) is 0 Å². The summed E-state index contributed by atoms with van der Waals surface area (Å²) in [6, 6.07) is 12.9. The first-order valence-electron chi connectivity index (χ1n) is 5.47. The van der Waals surface area contributed by atoms with Gasteiger partial charge in [0, 0.05) is 10.0 Å². The van der Waals surface area contributed by atoms with Gasteiger partial charge in [-0.15, -0.1) is 0 Å². The maximum absolute atomic E-state index is 13.1. The number of anilines is 1. The van der Waals surface area contributed by atoms with Crippen molar-refractivity contribution in [1.29, 1.82) is 5.26 Å². The van der Waals surface area contributed by atoms with E-state index in [4.69, 9.17) is 11.6 Å². The zero-order valence-electron chi connectivity index (χ0n) is 9.70. The van der Waals surface area contributed by atoms with E-state index >= 15 is 0 Å². The van der Waals surface area contributed by atoms with Crippen molar-refractivity contribution in [1.82, 2.24) is 0 Å². The van der Waals surface area contributed by atoms with Crippen LogP contribution >= 0.6 is 27.5 Å². The van der Waals surface area contributed by atoms with Gasteiger partial charge in [-0.1, -0.05) is 45.7 Å². The Morgan fingerprint density at radius 3 is 2.63 bits per heavy atom. The molecule has 2 aromatic rings. The predicted octanol–water partition coefficient (Wildman–Crippen LogP) is 4.92. The van der Waals surface area contributed by atoms with Crippen LogP contribution in [0.1, 0.15) is 11.6 Å². The Morgan fingerprint density at radius 1 is 1.26 bits per heavy atom. The molecule has 0 bridgehead atoms. The van der Waals surface area contributed by atoms with Gasteiger partial charge in [0.2, 0.25) is 0 Å². The second-order valence-corrected chi connectivity index (χ2v) is 5.11. The maximum atomic E-state index is 13.1. The maximum Gasteiger partial charge on any atom is 0.141 e. The summed E-state index contributed by atoms with van der Waals surface area (Å²) in [6.07, 6.45) is 0. The Kier molecular flexibility index (Phi) is 4.41. The number of hydrogen-bond donors (Lipinski definition) is 1. The molecule has 0 saturated heterocycles. The molecule has 96 valence electrons. The molecule has 0 aromatic heterocycles. The molecule has 19 heavy (non-hydrogen) atoms. The lowest BCUT2D eigenvalue weighted by molar-refractivity contribution is 0.625. The lowest BCUT2D eigenvalue weighted by Crippen LogP contribution is -2.09. The molecule has 0 amide bonds. The minimum absolute atomic E-state index is 0.356. The quantitative estimate of drug-likeness (QED) is 0.861. The fourth-order valence-corrected chi connectivity index (χ4v) is 2.42. The van der Waals surface area contributed by atoms with Gasteiger partial charge in [0.1, 0.15) is 11.9 Å². The third-order valence-electron chi connectivity index (χ3n) is 2.58. The summed E-state index contributed by atoms with van der Waals surface area (Å²) in [7, 11) is 0. The first-order chi connectivity index (χ1) is 9.11.